The number of alkyl halides is 3. The number of hydrogen-bond donors (Lipinski definition) is 3. The van der Waals surface area contributed by atoms with Crippen LogP contribution in [-0.2, 0) is 6.18 Å². The zero-order valence-corrected chi connectivity index (χ0v) is 17.4. The number of rotatable bonds is 4. The number of phenols is 1. The Morgan fingerprint density at radius 2 is 1.97 bits per heavy atom. The summed E-state index contributed by atoms with van der Waals surface area (Å²) in [6.45, 7) is 5.37. The number of aryl methyl sites for hydroxylation is 1. The third-order valence-electron chi connectivity index (χ3n) is 6.09. The van der Waals surface area contributed by atoms with Gasteiger partial charge in [0, 0.05) is 24.2 Å². The highest BCUT2D eigenvalue weighted by Gasteiger charge is 2.42. The molecule has 1 aromatic heterocycles. The molecule has 2 aliphatic rings. The van der Waals surface area contributed by atoms with E-state index in [-0.39, 0.29) is 17.3 Å². The van der Waals surface area contributed by atoms with Gasteiger partial charge in [-0.1, -0.05) is 0 Å². The Kier molecular flexibility index (Phi) is 5.55. The molecule has 1 aliphatic heterocycles. The van der Waals surface area contributed by atoms with E-state index in [2.05, 4.69) is 25.4 Å². The van der Waals surface area contributed by atoms with Gasteiger partial charge in [0.2, 0.25) is 5.95 Å². The number of nitrogens with zero attached hydrogens (tertiary/aromatic N) is 4. The molecular formula is C21H26F3N5O2. The predicted molar refractivity (Wildman–Crippen MR) is 109 cm³/mol. The minimum absolute atomic E-state index is 0.144. The molecule has 168 valence electrons. The van der Waals surface area contributed by atoms with E-state index in [0.717, 1.165) is 44.8 Å². The van der Waals surface area contributed by atoms with Gasteiger partial charge in [0.15, 0.2) is 0 Å². The summed E-state index contributed by atoms with van der Waals surface area (Å²) in [6.07, 6.45) is -0.986. The highest BCUT2D eigenvalue weighted by atomic mass is 19.4. The number of aliphatic hydroxyl groups is 1. The number of piperidine rings is 1. The van der Waals surface area contributed by atoms with Gasteiger partial charge in [0.05, 0.1) is 16.9 Å². The summed E-state index contributed by atoms with van der Waals surface area (Å²) >= 11 is 0. The normalized spacial score (nSPS) is 27.0. The maximum absolute atomic E-state index is 12.8. The number of aromatic hydroxyl groups is 1. The van der Waals surface area contributed by atoms with E-state index < -0.39 is 23.1 Å². The van der Waals surface area contributed by atoms with Gasteiger partial charge < -0.3 is 15.5 Å². The third-order valence-corrected chi connectivity index (χ3v) is 6.09. The Hall–Kier alpha value is -2.46. The number of hydrogen-bond acceptors (Lipinski definition) is 7. The molecule has 0 amide bonds. The molecule has 31 heavy (non-hydrogen) atoms. The fourth-order valence-electron chi connectivity index (χ4n) is 4.47. The molecule has 2 heterocycles. The molecule has 1 saturated carbocycles. The van der Waals surface area contributed by atoms with Gasteiger partial charge >= 0.3 is 6.18 Å². The van der Waals surface area contributed by atoms with Crippen molar-refractivity contribution < 1.29 is 23.4 Å². The third kappa shape index (κ3) is 4.74. The lowest BCUT2D eigenvalue weighted by atomic mass is 9.76. The van der Waals surface area contributed by atoms with E-state index in [1.165, 1.54) is 6.07 Å². The predicted octanol–water partition coefficient (Wildman–Crippen LogP) is 3.36. The largest absolute Gasteiger partial charge is 0.507 e. The second-order valence-electron chi connectivity index (χ2n) is 8.84. The highest BCUT2D eigenvalue weighted by molar-refractivity contribution is 5.69. The Balaban J connectivity index is 1.44. The second-order valence-corrected chi connectivity index (χ2v) is 8.84. The van der Waals surface area contributed by atoms with Crippen LogP contribution in [-0.4, -0.2) is 61.1 Å². The van der Waals surface area contributed by atoms with Crippen LogP contribution in [0.4, 0.5) is 19.1 Å². The monoisotopic (exact) mass is 437 g/mol. The van der Waals surface area contributed by atoms with Crippen molar-refractivity contribution >= 4 is 5.95 Å². The van der Waals surface area contributed by atoms with E-state index in [9.17, 15) is 23.4 Å². The van der Waals surface area contributed by atoms with Gasteiger partial charge in [-0.3, -0.25) is 4.90 Å². The Labute approximate surface area is 178 Å². The van der Waals surface area contributed by atoms with Crippen molar-refractivity contribution in [1.29, 1.82) is 0 Å². The Bertz CT molecular complexity index is 959. The topological polar surface area (TPSA) is 94.4 Å². The first-order valence-electron chi connectivity index (χ1n) is 10.4. The minimum atomic E-state index is -4.54. The molecular weight excluding hydrogens is 411 g/mol. The summed E-state index contributed by atoms with van der Waals surface area (Å²) in [5, 5.41) is 31.6. The van der Waals surface area contributed by atoms with Gasteiger partial charge in [-0.05, 0) is 64.3 Å². The molecule has 7 nitrogen and oxygen atoms in total. The number of nitrogens with one attached hydrogen (secondary N) is 1. The summed E-state index contributed by atoms with van der Waals surface area (Å²) < 4.78 is 38.5. The van der Waals surface area contributed by atoms with Crippen LogP contribution in [0.1, 0.15) is 43.9 Å². The molecule has 0 radical (unpaired) electrons. The lowest BCUT2D eigenvalue weighted by Crippen LogP contribution is -2.57. The van der Waals surface area contributed by atoms with Gasteiger partial charge in [-0.25, -0.2) is 4.98 Å². The molecule has 0 spiro atoms. The first-order valence-corrected chi connectivity index (χ1v) is 10.4. The second kappa shape index (κ2) is 7.90. The molecule has 0 bridgehead atoms. The molecule has 10 heteroatoms. The molecule has 1 atom stereocenters. The molecule has 2 fully saturated rings. The summed E-state index contributed by atoms with van der Waals surface area (Å²) in [7, 11) is 0. The molecule has 1 saturated heterocycles. The minimum Gasteiger partial charge on any atom is -0.507 e. The van der Waals surface area contributed by atoms with Crippen molar-refractivity contribution in [2.24, 2.45) is 0 Å². The van der Waals surface area contributed by atoms with E-state index in [1.807, 2.05) is 6.92 Å². The maximum atomic E-state index is 12.8. The number of phenolic OH excluding ortho intramolecular Hbond substituents is 1. The van der Waals surface area contributed by atoms with Gasteiger partial charge in [-0.15, -0.1) is 10.2 Å². The van der Waals surface area contributed by atoms with E-state index in [0.29, 0.717) is 23.8 Å². The highest BCUT2D eigenvalue weighted by Crippen LogP contribution is 2.37. The SMILES string of the molecule is Cc1nc(NC2CCCN(C3CC(C)(O)C3)C2)nnc1-c1ccc(C(F)(F)F)cc1O. The van der Waals surface area contributed by atoms with Gasteiger partial charge in [0.1, 0.15) is 11.4 Å². The number of benzene rings is 1. The molecule has 4 rings (SSSR count). The van der Waals surface area contributed by atoms with Crippen LogP contribution in [0, 0.1) is 6.92 Å². The summed E-state index contributed by atoms with van der Waals surface area (Å²) in [5.41, 5.74) is -0.651. The maximum Gasteiger partial charge on any atom is 0.416 e. The van der Waals surface area contributed by atoms with Crippen LogP contribution in [0.15, 0.2) is 18.2 Å². The van der Waals surface area contributed by atoms with E-state index in [1.54, 1.807) is 6.92 Å². The van der Waals surface area contributed by atoms with Crippen molar-refractivity contribution in [3.63, 3.8) is 0 Å². The number of aromatic nitrogens is 3. The zero-order chi connectivity index (χ0) is 22.4. The van der Waals surface area contributed by atoms with Crippen LogP contribution in [0.25, 0.3) is 11.3 Å². The fourth-order valence-corrected chi connectivity index (χ4v) is 4.47. The summed E-state index contributed by atoms with van der Waals surface area (Å²) in [5.74, 6) is -0.172. The van der Waals surface area contributed by atoms with Crippen molar-refractivity contribution in [2.45, 2.75) is 63.4 Å². The number of halogens is 3. The number of anilines is 1. The lowest BCUT2D eigenvalue weighted by Gasteiger charge is -2.49. The average Bonchev–Trinajstić information content (AvgIpc) is 2.66. The zero-order valence-electron chi connectivity index (χ0n) is 17.4. The van der Waals surface area contributed by atoms with Gasteiger partial charge in [0.25, 0.3) is 0 Å². The van der Waals surface area contributed by atoms with Crippen LogP contribution in [0.2, 0.25) is 0 Å². The standard InChI is InChI=1S/C21H26F3N5O2/c1-12-18(16-6-5-13(8-17(16)30)21(22,23)24)27-28-19(25-12)26-14-4-3-7-29(11-14)15-9-20(2,31)10-15/h5-6,8,14-15,30-31H,3-4,7,9-11H2,1-2H3,(H,25,26,28). The molecule has 1 aromatic carbocycles. The first kappa shape index (κ1) is 21.8. The summed E-state index contributed by atoms with van der Waals surface area (Å²) in [6, 6.07) is 3.29. The van der Waals surface area contributed by atoms with Crippen molar-refractivity contribution in [3.8, 4) is 17.0 Å². The lowest BCUT2D eigenvalue weighted by molar-refractivity contribution is -0.137. The summed E-state index contributed by atoms with van der Waals surface area (Å²) in [4.78, 5) is 6.79. The van der Waals surface area contributed by atoms with Crippen molar-refractivity contribution in [3.05, 3.63) is 29.5 Å². The molecule has 1 aliphatic carbocycles. The average molecular weight is 437 g/mol. The Morgan fingerprint density at radius 1 is 1.23 bits per heavy atom. The van der Waals surface area contributed by atoms with Crippen LogP contribution < -0.4 is 5.32 Å². The van der Waals surface area contributed by atoms with E-state index >= 15 is 0 Å². The van der Waals surface area contributed by atoms with Crippen molar-refractivity contribution in [2.75, 3.05) is 18.4 Å². The van der Waals surface area contributed by atoms with Gasteiger partial charge in [-0.2, -0.15) is 13.2 Å². The smallest absolute Gasteiger partial charge is 0.416 e. The Morgan fingerprint density at radius 3 is 2.58 bits per heavy atom. The molecule has 3 N–H and O–H groups in total. The number of likely N-dealkylation sites (tertiary alicyclic amines) is 1. The van der Waals surface area contributed by atoms with E-state index in [4.69, 9.17) is 0 Å². The first-order chi connectivity index (χ1) is 14.5. The quantitative estimate of drug-likeness (QED) is 0.675. The van der Waals surface area contributed by atoms with Crippen LogP contribution in [0.3, 0.4) is 0 Å². The van der Waals surface area contributed by atoms with Crippen LogP contribution in [0.5, 0.6) is 5.75 Å². The van der Waals surface area contributed by atoms with Crippen LogP contribution >= 0.6 is 0 Å². The molecule has 2 aromatic rings. The molecule has 1 unspecified atom stereocenters. The fraction of sp³-hybridized carbons (Fsp3) is 0.571. The van der Waals surface area contributed by atoms with Crippen molar-refractivity contribution in [1.82, 2.24) is 20.1 Å².